The maximum absolute atomic E-state index is 2.19. The molecule has 0 nitrogen and oxygen atoms in total. The van der Waals surface area contributed by atoms with E-state index in [1.54, 1.807) is 11.8 Å². The van der Waals surface area contributed by atoms with E-state index in [4.69, 9.17) is 0 Å². The van der Waals surface area contributed by atoms with Gasteiger partial charge >= 0.3 is 0 Å². The lowest BCUT2D eigenvalue weighted by molar-refractivity contribution is 1.40. The van der Waals surface area contributed by atoms with Crippen LogP contribution in [0.5, 0.6) is 0 Å². The van der Waals surface area contributed by atoms with E-state index in [1.165, 1.54) is 32.0 Å². The van der Waals surface area contributed by atoms with Gasteiger partial charge in [0.25, 0.3) is 0 Å². The van der Waals surface area contributed by atoms with E-state index < -0.39 is 0 Å². The fourth-order valence-electron chi connectivity index (χ4n) is 2.83. The highest BCUT2D eigenvalue weighted by Gasteiger charge is 2.01. The van der Waals surface area contributed by atoms with E-state index in [9.17, 15) is 0 Å². The molecular weight excluding hydrogens is 320 g/mol. The monoisotopic (exact) mass is 338 g/mol. The largest absolute Gasteiger partial charge is 0.0901 e. The second kappa shape index (κ2) is 7.42. The van der Waals surface area contributed by atoms with Gasteiger partial charge in [-0.1, -0.05) is 96.7 Å². The Kier molecular flexibility index (Phi) is 4.67. The summed E-state index contributed by atoms with van der Waals surface area (Å²) in [5, 5.41) is 0. The van der Waals surface area contributed by atoms with Gasteiger partial charge < -0.3 is 0 Å². The van der Waals surface area contributed by atoms with Gasteiger partial charge in [-0.2, -0.15) is 0 Å². The summed E-state index contributed by atoms with van der Waals surface area (Å²) in [6.07, 6.45) is 0. The van der Waals surface area contributed by atoms with Crippen LogP contribution >= 0.6 is 11.8 Å². The molecule has 0 saturated heterocycles. The standard InChI is InChI=1S/C24H18S/c1-3-7-19(8-4-1)21-11-15-23(16-12-21)25-24-17-13-22(14-18-24)20-9-5-2-6-10-20/h1-18H. The fraction of sp³-hybridized carbons (Fsp3) is 0. The van der Waals surface area contributed by atoms with E-state index in [-0.39, 0.29) is 0 Å². The minimum Gasteiger partial charge on any atom is -0.0901 e. The topological polar surface area (TPSA) is 0 Å². The van der Waals surface area contributed by atoms with Crippen LogP contribution in [0.25, 0.3) is 22.3 Å². The van der Waals surface area contributed by atoms with Crippen molar-refractivity contribution in [2.75, 3.05) is 0 Å². The van der Waals surface area contributed by atoms with Crippen molar-refractivity contribution < 1.29 is 0 Å². The Hall–Kier alpha value is -2.77. The van der Waals surface area contributed by atoms with Crippen molar-refractivity contribution in [3.63, 3.8) is 0 Å². The predicted molar refractivity (Wildman–Crippen MR) is 108 cm³/mol. The zero-order chi connectivity index (χ0) is 16.9. The molecule has 0 fully saturated rings. The first kappa shape index (κ1) is 15.7. The Morgan fingerprint density at radius 1 is 0.320 bits per heavy atom. The van der Waals surface area contributed by atoms with Crippen LogP contribution in [-0.2, 0) is 0 Å². The highest BCUT2D eigenvalue weighted by atomic mass is 32.2. The average Bonchev–Trinajstić information content (AvgIpc) is 2.71. The molecule has 0 aliphatic heterocycles. The molecule has 0 aromatic heterocycles. The van der Waals surface area contributed by atoms with Crippen LogP contribution in [0.1, 0.15) is 0 Å². The van der Waals surface area contributed by atoms with E-state index in [0.29, 0.717) is 0 Å². The molecule has 0 spiro atoms. The first-order valence-corrected chi connectivity index (χ1v) is 9.19. The molecular formula is C24H18S. The van der Waals surface area contributed by atoms with E-state index in [2.05, 4.69) is 97.1 Å². The van der Waals surface area contributed by atoms with Gasteiger partial charge in [0.15, 0.2) is 0 Å². The average molecular weight is 338 g/mol. The van der Waals surface area contributed by atoms with Crippen molar-refractivity contribution in [1.29, 1.82) is 0 Å². The summed E-state index contributed by atoms with van der Waals surface area (Å²) >= 11 is 1.80. The van der Waals surface area contributed by atoms with Crippen LogP contribution in [0.4, 0.5) is 0 Å². The quantitative estimate of drug-likeness (QED) is 0.380. The Labute approximate surface area is 153 Å². The first-order valence-electron chi connectivity index (χ1n) is 8.37. The molecule has 0 saturated carbocycles. The van der Waals surface area contributed by atoms with Gasteiger partial charge in [0.2, 0.25) is 0 Å². The van der Waals surface area contributed by atoms with Crippen LogP contribution in [-0.4, -0.2) is 0 Å². The minimum atomic E-state index is 1.25. The molecule has 4 aromatic carbocycles. The molecule has 0 radical (unpaired) electrons. The van der Waals surface area contributed by atoms with Crippen molar-refractivity contribution in [2.45, 2.75) is 9.79 Å². The summed E-state index contributed by atoms with van der Waals surface area (Å²) in [4.78, 5) is 2.51. The van der Waals surface area contributed by atoms with Crippen LogP contribution in [0.3, 0.4) is 0 Å². The van der Waals surface area contributed by atoms with Gasteiger partial charge in [-0.05, 0) is 46.5 Å². The molecule has 25 heavy (non-hydrogen) atoms. The zero-order valence-electron chi connectivity index (χ0n) is 13.8. The minimum absolute atomic E-state index is 1.25. The molecule has 0 unspecified atom stereocenters. The third-order valence-corrected chi connectivity index (χ3v) is 5.17. The van der Waals surface area contributed by atoms with E-state index >= 15 is 0 Å². The van der Waals surface area contributed by atoms with Gasteiger partial charge in [-0.3, -0.25) is 0 Å². The van der Waals surface area contributed by atoms with Gasteiger partial charge in [0.05, 0.1) is 0 Å². The summed E-state index contributed by atoms with van der Waals surface area (Å²) in [6.45, 7) is 0. The first-order chi connectivity index (χ1) is 12.4. The molecule has 120 valence electrons. The van der Waals surface area contributed by atoms with Crippen molar-refractivity contribution in [3.05, 3.63) is 109 Å². The Morgan fingerprint density at radius 2 is 0.640 bits per heavy atom. The maximum atomic E-state index is 2.19. The highest BCUT2D eigenvalue weighted by molar-refractivity contribution is 7.99. The molecule has 0 bridgehead atoms. The lowest BCUT2D eigenvalue weighted by Crippen LogP contribution is -1.79. The molecule has 0 N–H and O–H groups in total. The molecule has 1 heteroatoms. The molecule has 4 rings (SSSR count). The summed E-state index contributed by atoms with van der Waals surface area (Å²) in [7, 11) is 0. The SMILES string of the molecule is c1ccc(-c2ccc(Sc3ccc(-c4ccccc4)cc3)cc2)cc1. The smallest absolute Gasteiger partial charge is 0.0122 e. The fourth-order valence-corrected chi connectivity index (χ4v) is 3.64. The molecule has 0 amide bonds. The van der Waals surface area contributed by atoms with Crippen LogP contribution < -0.4 is 0 Å². The summed E-state index contributed by atoms with van der Waals surface area (Å²) in [5.41, 5.74) is 5.02. The van der Waals surface area contributed by atoms with Crippen LogP contribution in [0, 0.1) is 0 Å². The highest BCUT2D eigenvalue weighted by Crippen LogP contribution is 2.31. The maximum Gasteiger partial charge on any atom is 0.0122 e. The molecule has 0 aliphatic rings. The third kappa shape index (κ3) is 3.84. The van der Waals surface area contributed by atoms with Crippen molar-refractivity contribution in [3.8, 4) is 22.3 Å². The Morgan fingerprint density at radius 3 is 1.00 bits per heavy atom. The molecule has 0 atom stereocenters. The Bertz CT molecular complexity index is 844. The van der Waals surface area contributed by atoms with Crippen molar-refractivity contribution >= 4 is 11.8 Å². The van der Waals surface area contributed by atoms with Crippen LogP contribution in [0.15, 0.2) is 119 Å². The molecule has 0 heterocycles. The normalized spacial score (nSPS) is 10.6. The van der Waals surface area contributed by atoms with Crippen molar-refractivity contribution in [2.24, 2.45) is 0 Å². The number of benzene rings is 4. The molecule has 4 aromatic rings. The van der Waals surface area contributed by atoms with Gasteiger partial charge in [-0.25, -0.2) is 0 Å². The number of hydrogen-bond donors (Lipinski definition) is 0. The second-order valence-electron chi connectivity index (χ2n) is 5.88. The molecule has 0 aliphatic carbocycles. The van der Waals surface area contributed by atoms with E-state index in [1.807, 2.05) is 12.1 Å². The summed E-state index contributed by atoms with van der Waals surface area (Å²) in [5.74, 6) is 0. The van der Waals surface area contributed by atoms with Gasteiger partial charge in [-0.15, -0.1) is 0 Å². The summed E-state index contributed by atoms with van der Waals surface area (Å²) < 4.78 is 0. The lowest BCUT2D eigenvalue weighted by atomic mass is 10.1. The number of rotatable bonds is 4. The Balaban J connectivity index is 1.49. The van der Waals surface area contributed by atoms with Gasteiger partial charge in [0.1, 0.15) is 0 Å². The van der Waals surface area contributed by atoms with Crippen molar-refractivity contribution in [1.82, 2.24) is 0 Å². The van der Waals surface area contributed by atoms with Crippen LogP contribution in [0.2, 0.25) is 0 Å². The summed E-state index contributed by atoms with van der Waals surface area (Å²) in [6, 6.07) is 38.5. The lowest BCUT2D eigenvalue weighted by Gasteiger charge is -2.06. The second-order valence-corrected chi connectivity index (χ2v) is 7.03. The third-order valence-electron chi connectivity index (χ3n) is 4.16. The zero-order valence-corrected chi connectivity index (χ0v) is 14.6. The van der Waals surface area contributed by atoms with E-state index in [0.717, 1.165) is 0 Å². The number of hydrogen-bond acceptors (Lipinski definition) is 1. The van der Waals surface area contributed by atoms with Gasteiger partial charge in [0, 0.05) is 9.79 Å². The predicted octanol–water partition coefficient (Wildman–Crippen LogP) is 7.17.